The molecule has 11 atom stereocenters. The first-order chi connectivity index (χ1) is 21.0. The second kappa shape index (κ2) is 11.6. The van der Waals surface area contributed by atoms with E-state index in [2.05, 4.69) is 50.7 Å². The Labute approximate surface area is 263 Å². The van der Waals surface area contributed by atoms with Gasteiger partial charge < -0.3 is 19.7 Å². The van der Waals surface area contributed by atoms with E-state index in [9.17, 15) is 19.8 Å². The molecule has 2 heterocycles. The van der Waals surface area contributed by atoms with Crippen LogP contribution < -0.4 is 0 Å². The molecule has 4 bridgehead atoms. The van der Waals surface area contributed by atoms with Crippen molar-refractivity contribution in [3.05, 3.63) is 41.2 Å². The maximum Gasteiger partial charge on any atom is 0.315 e. The molecule has 7 heteroatoms. The Morgan fingerprint density at radius 3 is 2.68 bits per heavy atom. The monoisotopic (exact) mass is 606 g/mol. The van der Waals surface area contributed by atoms with Crippen molar-refractivity contribution >= 4 is 12.3 Å². The number of carbonyl (C=O) groups excluding carboxylic acids is 1. The summed E-state index contributed by atoms with van der Waals surface area (Å²) in [4.78, 5) is 34.3. The van der Waals surface area contributed by atoms with Crippen molar-refractivity contribution in [1.82, 2.24) is 9.88 Å². The van der Waals surface area contributed by atoms with E-state index < -0.39 is 28.3 Å². The predicted molar refractivity (Wildman–Crippen MR) is 170 cm³/mol. The summed E-state index contributed by atoms with van der Waals surface area (Å²) in [7, 11) is 2.10. The fourth-order valence-corrected chi connectivity index (χ4v) is 11.4. The molecule has 0 radical (unpaired) electrons. The summed E-state index contributed by atoms with van der Waals surface area (Å²) in [6.07, 6.45) is 12.1. The number of aldehydes is 1. The minimum absolute atomic E-state index is 0.0106. The number of aliphatic carboxylic acids is 1. The molecular weight excluding hydrogens is 552 g/mol. The summed E-state index contributed by atoms with van der Waals surface area (Å²) in [5.41, 5.74) is 0.119. The molecule has 1 aromatic rings. The third kappa shape index (κ3) is 4.35. The molecule has 1 aliphatic heterocycles. The number of allylic oxidation sites excluding steroid dienone is 1. The number of hydrogen-bond acceptors (Lipinski definition) is 6. The molecule has 6 rings (SSSR count). The molecule has 44 heavy (non-hydrogen) atoms. The third-order valence-electron chi connectivity index (χ3n) is 13.1. The van der Waals surface area contributed by atoms with Crippen molar-refractivity contribution in [2.45, 2.75) is 111 Å². The molecule has 0 spiro atoms. The van der Waals surface area contributed by atoms with Crippen molar-refractivity contribution in [3.8, 4) is 0 Å². The largest absolute Gasteiger partial charge is 0.481 e. The molecular formula is C37H54N2O5. The van der Waals surface area contributed by atoms with Gasteiger partial charge in [-0.2, -0.15) is 0 Å². The molecule has 4 aliphatic carbocycles. The van der Waals surface area contributed by atoms with Crippen molar-refractivity contribution in [2.75, 3.05) is 13.6 Å². The summed E-state index contributed by atoms with van der Waals surface area (Å²) in [5.74, 6) is 0.662. The first-order valence-electron chi connectivity index (χ1n) is 17.4. The Bertz CT molecular complexity index is 1290. The molecule has 242 valence electrons. The van der Waals surface area contributed by atoms with E-state index >= 15 is 0 Å². The van der Waals surface area contributed by atoms with Crippen LogP contribution in [0.25, 0.3) is 0 Å². The molecule has 8 unspecified atom stereocenters. The Hall–Kier alpha value is -2.09. The first kappa shape index (κ1) is 31.9. The van der Waals surface area contributed by atoms with Crippen LogP contribution in [0.2, 0.25) is 0 Å². The molecule has 7 nitrogen and oxygen atoms in total. The molecule has 1 aromatic heterocycles. The van der Waals surface area contributed by atoms with Gasteiger partial charge in [0, 0.05) is 24.7 Å². The topological polar surface area (TPSA) is 100.0 Å². The molecule has 4 fully saturated rings. The standard InChI is InChI=1S/C37H54N2O5/c1-7-8-9-26-15-33(44-32(26)20-39(6)19-28-14-25(24(5)41)12-13-38-28)36-18-29-23(4)10-11-30(29)35(21-40)17-27(36)16-31(22(2)3)37(35,36)34(42)43/h12-14,16,21-24,26-27,29-30,32-33,41H,7-11,15,17-20H2,1-6H3,(H,42,43)/t23-,24?,26?,27?,29-,30-,32?,33?,35?,36?,37?/m1/s1. The highest BCUT2D eigenvalue weighted by atomic mass is 16.5. The van der Waals surface area contributed by atoms with Gasteiger partial charge in [-0.3, -0.25) is 14.7 Å². The van der Waals surface area contributed by atoms with Crippen molar-refractivity contribution in [1.29, 1.82) is 0 Å². The van der Waals surface area contributed by atoms with Crippen LogP contribution in [-0.2, 0) is 20.9 Å². The third-order valence-corrected chi connectivity index (χ3v) is 13.1. The number of pyridine rings is 1. The number of nitrogens with zero attached hydrogens (tertiary/aromatic N) is 2. The summed E-state index contributed by atoms with van der Waals surface area (Å²) in [5, 5.41) is 21.6. The number of aliphatic hydroxyl groups excluding tert-OH is 1. The maximum absolute atomic E-state index is 14.0. The van der Waals surface area contributed by atoms with Crippen LogP contribution in [0.15, 0.2) is 30.0 Å². The van der Waals surface area contributed by atoms with Gasteiger partial charge in [-0.05, 0) is 99.3 Å². The number of aliphatic hydroxyl groups is 1. The number of rotatable bonds is 12. The number of carboxylic acids is 1. The van der Waals surface area contributed by atoms with Crippen LogP contribution >= 0.6 is 0 Å². The number of fused-ring (bicyclic) bond motifs is 2. The summed E-state index contributed by atoms with van der Waals surface area (Å²) in [6.45, 7) is 11.9. The second-order valence-corrected chi connectivity index (χ2v) is 15.6. The normalized spacial score (nSPS) is 41.3. The summed E-state index contributed by atoms with van der Waals surface area (Å²) >= 11 is 0. The average molecular weight is 607 g/mol. The first-order valence-corrected chi connectivity index (χ1v) is 17.4. The van der Waals surface area contributed by atoms with Gasteiger partial charge in [-0.15, -0.1) is 0 Å². The average Bonchev–Trinajstić information content (AvgIpc) is 3.69. The van der Waals surface area contributed by atoms with E-state index in [1.807, 2.05) is 12.1 Å². The van der Waals surface area contributed by atoms with Gasteiger partial charge in [-0.25, -0.2) is 0 Å². The highest BCUT2D eigenvalue weighted by molar-refractivity contribution is 5.90. The fraction of sp³-hybridized carbons (Fsp3) is 0.757. The Balaban J connectivity index is 1.36. The number of aromatic nitrogens is 1. The zero-order valence-electron chi connectivity index (χ0n) is 27.7. The molecule has 3 saturated carbocycles. The molecule has 0 amide bonds. The minimum atomic E-state index is -1.20. The van der Waals surface area contributed by atoms with E-state index in [4.69, 9.17) is 4.74 Å². The number of likely N-dealkylation sites (N-methyl/N-ethyl adjacent to an activating group) is 1. The number of carbonyl (C=O) groups is 2. The van der Waals surface area contributed by atoms with Gasteiger partial charge in [0.1, 0.15) is 11.7 Å². The number of ether oxygens (including phenoxy) is 1. The number of hydrogen-bond donors (Lipinski definition) is 2. The lowest BCUT2D eigenvalue weighted by Gasteiger charge is -2.60. The maximum atomic E-state index is 14.0. The Morgan fingerprint density at radius 1 is 1.25 bits per heavy atom. The minimum Gasteiger partial charge on any atom is -0.481 e. The van der Waals surface area contributed by atoms with Crippen LogP contribution in [-0.4, -0.2) is 58.2 Å². The fourth-order valence-electron chi connectivity index (χ4n) is 11.4. The molecule has 2 N–H and O–H groups in total. The Kier molecular flexibility index (Phi) is 8.41. The van der Waals surface area contributed by atoms with Gasteiger partial charge in [0.2, 0.25) is 0 Å². The SMILES string of the molecule is CCCCC1CC(C23C[C@@H]4[C@H](C)CC[C@H]4C4(C=O)CC2C=C(C(C)C)C34C(=O)O)OC1CN(C)Cc1cc(C(C)O)ccn1. The molecule has 0 aromatic carbocycles. The van der Waals surface area contributed by atoms with Crippen LogP contribution in [0, 0.1) is 51.8 Å². The zero-order valence-corrected chi connectivity index (χ0v) is 27.7. The lowest BCUT2D eigenvalue weighted by molar-refractivity contribution is -0.197. The second-order valence-electron chi connectivity index (χ2n) is 15.6. The molecule has 1 saturated heterocycles. The number of carboxylic acid groups (broad SMARTS) is 1. The number of unbranched alkanes of at least 4 members (excludes halogenated alkanes) is 1. The van der Waals surface area contributed by atoms with Crippen LogP contribution in [0.5, 0.6) is 0 Å². The van der Waals surface area contributed by atoms with Crippen molar-refractivity contribution in [2.24, 2.45) is 51.8 Å². The quantitative estimate of drug-likeness (QED) is 0.208. The van der Waals surface area contributed by atoms with Crippen LogP contribution in [0.4, 0.5) is 0 Å². The van der Waals surface area contributed by atoms with Gasteiger partial charge in [-0.1, -0.05) is 58.6 Å². The van der Waals surface area contributed by atoms with Crippen molar-refractivity contribution in [3.63, 3.8) is 0 Å². The molecule has 5 aliphatic rings. The summed E-state index contributed by atoms with van der Waals surface area (Å²) in [6, 6.07) is 3.82. The van der Waals surface area contributed by atoms with E-state index in [1.54, 1.807) is 13.1 Å². The van der Waals surface area contributed by atoms with Crippen molar-refractivity contribution < 1.29 is 24.5 Å². The highest BCUT2D eigenvalue weighted by Gasteiger charge is 2.86. The predicted octanol–water partition coefficient (Wildman–Crippen LogP) is 6.46. The van der Waals surface area contributed by atoms with E-state index in [-0.39, 0.29) is 30.0 Å². The summed E-state index contributed by atoms with van der Waals surface area (Å²) < 4.78 is 7.24. The van der Waals surface area contributed by atoms with Crippen LogP contribution in [0.3, 0.4) is 0 Å². The van der Waals surface area contributed by atoms with E-state index in [0.717, 1.165) is 74.6 Å². The van der Waals surface area contributed by atoms with E-state index in [1.165, 1.54) is 0 Å². The lowest BCUT2D eigenvalue weighted by atomic mass is 9.41. The lowest BCUT2D eigenvalue weighted by Crippen LogP contribution is -2.65. The van der Waals surface area contributed by atoms with Gasteiger partial charge in [0.25, 0.3) is 0 Å². The highest BCUT2D eigenvalue weighted by Crippen LogP contribution is 2.84. The van der Waals surface area contributed by atoms with Gasteiger partial charge >= 0.3 is 5.97 Å². The smallest absolute Gasteiger partial charge is 0.315 e. The zero-order chi connectivity index (χ0) is 31.6. The van der Waals surface area contributed by atoms with Crippen LogP contribution in [0.1, 0.15) is 103 Å². The van der Waals surface area contributed by atoms with E-state index in [0.29, 0.717) is 30.7 Å². The van der Waals surface area contributed by atoms with Gasteiger partial charge in [0.05, 0.1) is 29.4 Å². The van der Waals surface area contributed by atoms with Gasteiger partial charge in [0.15, 0.2) is 0 Å². The Morgan fingerprint density at radius 2 is 2.02 bits per heavy atom.